The molecule has 0 saturated heterocycles. The topological polar surface area (TPSA) is 74.8 Å². The van der Waals surface area contributed by atoms with Gasteiger partial charge in [-0.2, -0.15) is 0 Å². The van der Waals surface area contributed by atoms with E-state index >= 15 is 0 Å². The molecule has 0 fully saturated rings. The fourth-order valence-corrected chi connectivity index (χ4v) is 3.13. The minimum atomic E-state index is -0.121. The number of aryl methyl sites for hydroxylation is 1. The first-order valence-corrected chi connectivity index (χ1v) is 9.40. The number of hydrogen-bond donors (Lipinski definition) is 3. The van der Waals surface area contributed by atoms with Gasteiger partial charge in [-0.3, -0.25) is 9.79 Å². The van der Waals surface area contributed by atoms with Crippen LogP contribution in [0.3, 0.4) is 0 Å². The number of carbonyl (C=O) groups excluding carboxylic acids is 1. The maximum atomic E-state index is 11.5. The number of aliphatic imine (C=N–C) groups is 1. The highest BCUT2D eigenvalue weighted by Crippen LogP contribution is 2.15. The van der Waals surface area contributed by atoms with E-state index < -0.39 is 0 Å². The Bertz CT molecular complexity index is 743. The molecular formula is C19H26N4O2S. The molecule has 1 heterocycles. The molecule has 3 N–H and O–H groups in total. The lowest BCUT2D eigenvalue weighted by Gasteiger charge is -2.12. The van der Waals surface area contributed by atoms with E-state index in [0.717, 1.165) is 18.1 Å². The minimum Gasteiger partial charge on any atom is -0.484 e. The van der Waals surface area contributed by atoms with Crippen LogP contribution in [0.2, 0.25) is 0 Å². The number of ether oxygens (including phenoxy) is 1. The van der Waals surface area contributed by atoms with Gasteiger partial charge < -0.3 is 20.7 Å². The lowest BCUT2D eigenvalue weighted by Crippen LogP contribution is -2.36. The Morgan fingerprint density at radius 3 is 2.65 bits per heavy atom. The maximum Gasteiger partial charge on any atom is 0.257 e. The molecule has 1 amide bonds. The molecule has 0 atom stereocenters. The Kier molecular flexibility index (Phi) is 7.95. The first kappa shape index (κ1) is 19.8. The maximum absolute atomic E-state index is 11.5. The van der Waals surface area contributed by atoms with E-state index in [9.17, 15) is 4.79 Å². The van der Waals surface area contributed by atoms with Gasteiger partial charge in [-0.05, 0) is 43.7 Å². The highest BCUT2D eigenvalue weighted by Gasteiger charge is 2.04. The number of likely N-dealkylation sites (N-methyl/N-ethyl adjacent to an activating group) is 1. The summed E-state index contributed by atoms with van der Waals surface area (Å²) in [6, 6.07) is 11.9. The van der Waals surface area contributed by atoms with E-state index in [-0.39, 0.29) is 12.5 Å². The lowest BCUT2D eigenvalue weighted by atomic mass is 10.2. The summed E-state index contributed by atoms with van der Waals surface area (Å²) in [4.78, 5) is 18.3. The molecule has 1 aromatic heterocycles. The zero-order chi connectivity index (χ0) is 18.8. The number of rotatable bonds is 8. The van der Waals surface area contributed by atoms with E-state index in [1.807, 2.05) is 31.2 Å². The molecule has 0 aliphatic rings. The molecule has 0 aliphatic carbocycles. The number of nitrogens with one attached hydrogen (secondary N) is 3. The second-order valence-electron chi connectivity index (χ2n) is 5.68. The molecule has 0 spiro atoms. The largest absolute Gasteiger partial charge is 0.484 e. The van der Waals surface area contributed by atoms with Crippen LogP contribution in [0.25, 0.3) is 0 Å². The number of guanidine groups is 1. The second-order valence-corrected chi connectivity index (χ2v) is 7.05. The van der Waals surface area contributed by atoms with E-state index in [1.165, 1.54) is 9.75 Å². The van der Waals surface area contributed by atoms with Crippen molar-refractivity contribution in [2.45, 2.75) is 26.9 Å². The monoisotopic (exact) mass is 374 g/mol. The first-order chi connectivity index (χ1) is 12.6. The summed E-state index contributed by atoms with van der Waals surface area (Å²) in [5.41, 5.74) is 1.05. The number of benzene rings is 1. The number of thiophene rings is 1. The summed E-state index contributed by atoms with van der Waals surface area (Å²) < 4.78 is 5.52. The predicted molar refractivity (Wildman–Crippen MR) is 107 cm³/mol. The Hall–Kier alpha value is -2.54. The molecule has 2 rings (SSSR count). The van der Waals surface area contributed by atoms with Crippen LogP contribution in [0.5, 0.6) is 5.75 Å². The SMILES string of the molecule is CCNC(=O)COc1cccc(CNC(=NC)NCc2ccc(C)s2)c1. The van der Waals surface area contributed by atoms with Crippen LogP contribution in [0.4, 0.5) is 0 Å². The number of nitrogens with zero attached hydrogens (tertiary/aromatic N) is 1. The van der Waals surface area contributed by atoms with Crippen molar-refractivity contribution in [3.8, 4) is 5.75 Å². The van der Waals surface area contributed by atoms with Crippen molar-refractivity contribution in [1.82, 2.24) is 16.0 Å². The quantitative estimate of drug-likeness (QED) is 0.490. The summed E-state index contributed by atoms with van der Waals surface area (Å²) in [5.74, 6) is 1.29. The van der Waals surface area contributed by atoms with Crippen LogP contribution in [0.1, 0.15) is 22.2 Å². The van der Waals surface area contributed by atoms with Crippen molar-refractivity contribution >= 4 is 23.2 Å². The van der Waals surface area contributed by atoms with Gasteiger partial charge in [-0.15, -0.1) is 11.3 Å². The second kappa shape index (κ2) is 10.5. The molecule has 7 heteroatoms. The Labute approximate surface area is 158 Å². The first-order valence-electron chi connectivity index (χ1n) is 8.59. The van der Waals surface area contributed by atoms with Gasteiger partial charge in [-0.25, -0.2) is 0 Å². The minimum absolute atomic E-state index is 0.0220. The number of carbonyl (C=O) groups is 1. The Morgan fingerprint density at radius 2 is 1.96 bits per heavy atom. The summed E-state index contributed by atoms with van der Waals surface area (Å²) in [7, 11) is 1.75. The third-order valence-electron chi connectivity index (χ3n) is 3.55. The van der Waals surface area contributed by atoms with Crippen LogP contribution >= 0.6 is 11.3 Å². The smallest absolute Gasteiger partial charge is 0.257 e. The van der Waals surface area contributed by atoms with Gasteiger partial charge in [0.1, 0.15) is 5.75 Å². The Balaban J connectivity index is 1.81. The third kappa shape index (κ3) is 6.76. The van der Waals surface area contributed by atoms with Crippen molar-refractivity contribution in [3.63, 3.8) is 0 Å². The van der Waals surface area contributed by atoms with Gasteiger partial charge in [0.15, 0.2) is 12.6 Å². The van der Waals surface area contributed by atoms with Gasteiger partial charge >= 0.3 is 0 Å². The van der Waals surface area contributed by atoms with E-state index in [1.54, 1.807) is 18.4 Å². The van der Waals surface area contributed by atoms with Crippen LogP contribution in [0.15, 0.2) is 41.4 Å². The van der Waals surface area contributed by atoms with Gasteiger partial charge in [0, 0.05) is 29.9 Å². The van der Waals surface area contributed by atoms with Gasteiger partial charge in [0.25, 0.3) is 5.91 Å². The third-order valence-corrected chi connectivity index (χ3v) is 4.55. The van der Waals surface area contributed by atoms with Crippen molar-refractivity contribution < 1.29 is 9.53 Å². The molecule has 26 heavy (non-hydrogen) atoms. The molecule has 1 aromatic carbocycles. The fourth-order valence-electron chi connectivity index (χ4n) is 2.30. The van der Waals surface area contributed by atoms with Crippen molar-refractivity contribution in [3.05, 3.63) is 51.7 Å². The van der Waals surface area contributed by atoms with Crippen LogP contribution in [-0.2, 0) is 17.9 Å². The fraction of sp³-hybridized carbons (Fsp3) is 0.368. The zero-order valence-corrected chi connectivity index (χ0v) is 16.3. The highest BCUT2D eigenvalue weighted by atomic mass is 32.1. The van der Waals surface area contributed by atoms with E-state index in [0.29, 0.717) is 18.8 Å². The molecular weight excluding hydrogens is 348 g/mol. The average Bonchev–Trinajstić information content (AvgIpc) is 3.06. The Morgan fingerprint density at radius 1 is 1.15 bits per heavy atom. The summed E-state index contributed by atoms with van der Waals surface area (Å²) in [5, 5.41) is 9.29. The van der Waals surface area contributed by atoms with Crippen LogP contribution in [-0.4, -0.2) is 32.1 Å². The van der Waals surface area contributed by atoms with E-state index in [4.69, 9.17) is 4.74 Å². The molecule has 140 valence electrons. The molecule has 0 aliphatic heterocycles. The number of amides is 1. The summed E-state index contributed by atoms with van der Waals surface area (Å²) in [6.07, 6.45) is 0. The van der Waals surface area contributed by atoms with Crippen molar-refractivity contribution in [2.24, 2.45) is 4.99 Å². The number of hydrogen-bond acceptors (Lipinski definition) is 4. The lowest BCUT2D eigenvalue weighted by molar-refractivity contribution is -0.122. The van der Waals surface area contributed by atoms with Gasteiger partial charge in [0.2, 0.25) is 0 Å². The molecule has 0 saturated carbocycles. The van der Waals surface area contributed by atoms with Crippen molar-refractivity contribution in [1.29, 1.82) is 0 Å². The van der Waals surface area contributed by atoms with Crippen LogP contribution in [0, 0.1) is 6.92 Å². The van der Waals surface area contributed by atoms with Gasteiger partial charge in [-0.1, -0.05) is 12.1 Å². The molecule has 0 unspecified atom stereocenters. The average molecular weight is 375 g/mol. The molecule has 2 aromatic rings. The predicted octanol–water partition coefficient (Wildman–Crippen LogP) is 2.44. The summed E-state index contributed by atoms with van der Waals surface area (Å²) >= 11 is 1.77. The van der Waals surface area contributed by atoms with Crippen molar-refractivity contribution in [2.75, 3.05) is 20.2 Å². The van der Waals surface area contributed by atoms with E-state index in [2.05, 4.69) is 40.0 Å². The summed E-state index contributed by atoms with van der Waals surface area (Å²) in [6.45, 7) is 5.96. The normalized spacial score (nSPS) is 11.1. The molecule has 6 nitrogen and oxygen atoms in total. The molecule has 0 radical (unpaired) electrons. The van der Waals surface area contributed by atoms with Gasteiger partial charge in [0.05, 0.1) is 6.54 Å². The van der Waals surface area contributed by atoms with Crippen LogP contribution < -0.4 is 20.7 Å². The molecule has 0 bridgehead atoms. The highest BCUT2D eigenvalue weighted by molar-refractivity contribution is 7.11. The standard InChI is InChI=1S/C19H26N4O2S/c1-4-21-18(24)13-25-16-7-5-6-15(10-16)11-22-19(20-3)23-12-17-9-8-14(2)26-17/h5-10H,4,11-13H2,1-3H3,(H,21,24)(H2,20,22,23). The zero-order valence-electron chi connectivity index (χ0n) is 15.5.